The van der Waals surface area contributed by atoms with E-state index in [2.05, 4.69) is 12.1 Å². The molecule has 1 aliphatic heterocycles. The second-order valence-corrected chi connectivity index (χ2v) is 3.92. The predicted molar refractivity (Wildman–Crippen MR) is 60.9 cm³/mol. The Labute approximate surface area is 89.9 Å². The maximum absolute atomic E-state index is 11.3. The van der Waals surface area contributed by atoms with Gasteiger partial charge in [0.1, 0.15) is 0 Å². The summed E-state index contributed by atoms with van der Waals surface area (Å²) >= 11 is 0. The Balaban J connectivity index is 2.29. The van der Waals surface area contributed by atoms with E-state index in [1.807, 2.05) is 11.0 Å². The number of hydrogen-bond acceptors (Lipinski definition) is 2. The van der Waals surface area contributed by atoms with Gasteiger partial charge in [-0.3, -0.25) is 4.79 Å². The smallest absolute Gasteiger partial charge is 0.223 e. The number of benzene rings is 1. The normalized spacial score (nSPS) is 14.1. The molecule has 2 N–H and O–H groups in total. The number of amides is 1. The summed E-state index contributed by atoms with van der Waals surface area (Å²) in [7, 11) is 0. The van der Waals surface area contributed by atoms with Crippen molar-refractivity contribution in [2.24, 2.45) is 5.73 Å². The molecule has 0 atom stereocenters. The topological polar surface area (TPSA) is 46.3 Å². The van der Waals surface area contributed by atoms with Crippen molar-refractivity contribution in [3.8, 4) is 0 Å². The quantitative estimate of drug-likeness (QED) is 0.784. The Bertz CT molecular complexity index is 387. The third kappa shape index (κ3) is 1.88. The van der Waals surface area contributed by atoms with E-state index < -0.39 is 0 Å². The molecule has 0 radical (unpaired) electrons. The van der Waals surface area contributed by atoms with Gasteiger partial charge in [0, 0.05) is 19.2 Å². The van der Waals surface area contributed by atoms with Gasteiger partial charge in [-0.1, -0.05) is 12.1 Å². The summed E-state index contributed by atoms with van der Waals surface area (Å²) in [6.07, 6.45) is 1.88. The average Bonchev–Trinajstić information content (AvgIpc) is 2.61. The van der Waals surface area contributed by atoms with Gasteiger partial charge in [-0.15, -0.1) is 0 Å². The third-order valence-electron chi connectivity index (χ3n) is 2.85. The molecule has 0 saturated carbocycles. The van der Waals surface area contributed by atoms with Gasteiger partial charge in [-0.2, -0.15) is 0 Å². The molecule has 1 aliphatic rings. The first-order chi connectivity index (χ1) is 7.22. The first-order valence-electron chi connectivity index (χ1n) is 5.32. The van der Waals surface area contributed by atoms with Gasteiger partial charge in [-0.05, 0) is 36.6 Å². The van der Waals surface area contributed by atoms with E-state index in [0.717, 1.165) is 25.1 Å². The van der Waals surface area contributed by atoms with Crippen LogP contribution in [0.3, 0.4) is 0 Å². The van der Waals surface area contributed by atoms with Crippen molar-refractivity contribution in [2.45, 2.75) is 19.8 Å². The van der Waals surface area contributed by atoms with Crippen LogP contribution in [0.1, 0.15) is 18.1 Å². The lowest BCUT2D eigenvalue weighted by atomic mass is 10.1. The van der Waals surface area contributed by atoms with Crippen LogP contribution in [-0.4, -0.2) is 19.0 Å². The highest BCUT2D eigenvalue weighted by Crippen LogP contribution is 2.28. The van der Waals surface area contributed by atoms with E-state index in [0.29, 0.717) is 6.54 Å². The van der Waals surface area contributed by atoms with Crippen LogP contribution in [-0.2, 0) is 17.6 Å². The largest absolute Gasteiger partial charge is 0.330 e. The number of nitrogens with two attached hydrogens (primary N) is 1. The molecule has 1 aromatic rings. The van der Waals surface area contributed by atoms with Crippen LogP contribution >= 0.6 is 0 Å². The summed E-state index contributed by atoms with van der Waals surface area (Å²) in [5, 5.41) is 0. The second kappa shape index (κ2) is 4.03. The fourth-order valence-corrected chi connectivity index (χ4v) is 2.10. The van der Waals surface area contributed by atoms with Crippen LogP contribution in [0.2, 0.25) is 0 Å². The van der Waals surface area contributed by atoms with Crippen molar-refractivity contribution in [3.63, 3.8) is 0 Å². The third-order valence-corrected chi connectivity index (χ3v) is 2.85. The van der Waals surface area contributed by atoms with Crippen molar-refractivity contribution < 1.29 is 4.79 Å². The number of rotatable bonds is 2. The van der Waals surface area contributed by atoms with Crippen molar-refractivity contribution in [1.82, 2.24) is 0 Å². The molecule has 80 valence electrons. The van der Waals surface area contributed by atoms with E-state index in [9.17, 15) is 4.79 Å². The lowest BCUT2D eigenvalue weighted by Gasteiger charge is -2.14. The van der Waals surface area contributed by atoms with E-state index in [1.54, 1.807) is 6.92 Å². The molecule has 0 aromatic heterocycles. The van der Waals surface area contributed by atoms with E-state index in [4.69, 9.17) is 5.73 Å². The van der Waals surface area contributed by atoms with Gasteiger partial charge >= 0.3 is 0 Å². The van der Waals surface area contributed by atoms with Crippen LogP contribution in [0.15, 0.2) is 18.2 Å². The molecule has 1 amide bonds. The molecule has 3 heteroatoms. The Morgan fingerprint density at radius 1 is 1.53 bits per heavy atom. The molecular weight excluding hydrogens is 188 g/mol. The molecule has 3 nitrogen and oxygen atoms in total. The van der Waals surface area contributed by atoms with Gasteiger partial charge in [0.05, 0.1) is 0 Å². The monoisotopic (exact) mass is 204 g/mol. The van der Waals surface area contributed by atoms with E-state index >= 15 is 0 Å². The molecule has 0 bridgehead atoms. The summed E-state index contributed by atoms with van der Waals surface area (Å²) in [5.74, 6) is 0.125. The molecule has 1 heterocycles. The molecule has 1 aromatic carbocycles. The van der Waals surface area contributed by atoms with Crippen molar-refractivity contribution in [2.75, 3.05) is 18.0 Å². The van der Waals surface area contributed by atoms with Gasteiger partial charge in [0.15, 0.2) is 0 Å². The Kier molecular flexibility index (Phi) is 2.73. The minimum absolute atomic E-state index is 0.125. The van der Waals surface area contributed by atoms with Crippen molar-refractivity contribution in [3.05, 3.63) is 29.3 Å². The van der Waals surface area contributed by atoms with Crippen LogP contribution in [0.5, 0.6) is 0 Å². The Morgan fingerprint density at radius 3 is 3.00 bits per heavy atom. The Hall–Kier alpha value is -1.35. The predicted octanol–water partition coefficient (Wildman–Crippen LogP) is 1.10. The summed E-state index contributed by atoms with van der Waals surface area (Å²) < 4.78 is 0. The van der Waals surface area contributed by atoms with Crippen molar-refractivity contribution >= 4 is 11.6 Å². The van der Waals surface area contributed by atoms with Crippen molar-refractivity contribution in [1.29, 1.82) is 0 Å². The standard InChI is InChI=1S/C12H16N2O/c1-9(15)14-7-5-11-8-10(4-6-13)2-3-12(11)14/h2-3,8H,4-7,13H2,1H3. The number of fused-ring (bicyclic) bond motifs is 1. The molecule has 0 aliphatic carbocycles. The van der Waals surface area contributed by atoms with Crippen LogP contribution in [0, 0.1) is 0 Å². The average molecular weight is 204 g/mol. The van der Waals surface area contributed by atoms with E-state index in [1.165, 1.54) is 11.1 Å². The summed E-state index contributed by atoms with van der Waals surface area (Å²) in [5.41, 5.74) is 9.13. The molecule has 0 saturated heterocycles. The second-order valence-electron chi connectivity index (χ2n) is 3.92. The zero-order valence-corrected chi connectivity index (χ0v) is 8.99. The highest BCUT2D eigenvalue weighted by atomic mass is 16.2. The number of carbonyl (C=O) groups excluding carboxylic acids is 1. The van der Waals surface area contributed by atoms with Gasteiger partial charge in [-0.25, -0.2) is 0 Å². The van der Waals surface area contributed by atoms with Gasteiger partial charge in [0.2, 0.25) is 5.91 Å². The maximum atomic E-state index is 11.3. The fraction of sp³-hybridized carbons (Fsp3) is 0.417. The molecule has 0 fully saturated rings. The molecule has 0 unspecified atom stereocenters. The highest BCUT2D eigenvalue weighted by molar-refractivity contribution is 5.93. The van der Waals surface area contributed by atoms with Crippen LogP contribution in [0.25, 0.3) is 0 Å². The van der Waals surface area contributed by atoms with Gasteiger partial charge in [0.25, 0.3) is 0 Å². The minimum atomic E-state index is 0.125. The number of nitrogens with zero attached hydrogens (tertiary/aromatic N) is 1. The summed E-state index contributed by atoms with van der Waals surface area (Å²) in [4.78, 5) is 13.2. The molecule has 2 rings (SSSR count). The first-order valence-corrected chi connectivity index (χ1v) is 5.32. The van der Waals surface area contributed by atoms with E-state index in [-0.39, 0.29) is 5.91 Å². The zero-order valence-electron chi connectivity index (χ0n) is 8.99. The summed E-state index contributed by atoms with van der Waals surface area (Å²) in [6.45, 7) is 3.11. The number of hydrogen-bond donors (Lipinski definition) is 1. The fourth-order valence-electron chi connectivity index (χ4n) is 2.10. The number of carbonyl (C=O) groups is 1. The summed E-state index contributed by atoms with van der Waals surface area (Å²) in [6, 6.07) is 6.27. The SMILES string of the molecule is CC(=O)N1CCc2cc(CCN)ccc21. The molecule has 15 heavy (non-hydrogen) atoms. The molecular formula is C12H16N2O. The lowest BCUT2D eigenvalue weighted by molar-refractivity contribution is -0.116. The number of anilines is 1. The van der Waals surface area contributed by atoms with Crippen LogP contribution in [0.4, 0.5) is 5.69 Å². The zero-order chi connectivity index (χ0) is 10.8. The lowest BCUT2D eigenvalue weighted by Crippen LogP contribution is -2.25. The highest BCUT2D eigenvalue weighted by Gasteiger charge is 2.21. The minimum Gasteiger partial charge on any atom is -0.330 e. The molecule has 0 spiro atoms. The first kappa shape index (κ1) is 10.2. The van der Waals surface area contributed by atoms with Gasteiger partial charge < -0.3 is 10.6 Å². The Morgan fingerprint density at radius 2 is 2.33 bits per heavy atom. The van der Waals surface area contributed by atoms with Crippen LogP contribution < -0.4 is 10.6 Å². The maximum Gasteiger partial charge on any atom is 0.223 e.